The highest BCUT2D eigenvalue weighted by molar-refractivity contribution is 6.34. The Bertz CT molecular complexity index is 585. The summed E-state index contributed by atoms with van der Waals surface area (Å²) in [7, 11) is 0. The van der Waals surface area contributed by atoms with Crippen molar-refractivity contribution in [2.24, 2.45) is 0 Å². The quantitative estimate of drug-likeness (QED) is 0.873. The van der Waals surface area contributed by atoms with E-state index in [4.69, 9.17) is 27.7 Å². The molecule has 0 radical (unpaired) electrons. The van der Waals surface area contributed by atoms with Gasteiger partial charge >= 0.3 is 0 Å². The van der Waals surface area contributed by atoms with Gasteiger partial charge in [-0.05, 0) is 19.1 Å². The van der Waals surface area contributed by atoms with E-state index in [0.29, 0.717) is 11.7 Å². The van der Waals surface area contributed by atoms with E-state index in [1.165, 1.54) is 12.1 Å². The molecule has 0 spiro atoms. The summed E-state index contributed by atoms with van der Waals surface area (Å²) in [5, 5.41) is 6.46. The molecule has 0 atom stereocenters. The van der Waals surface area contributed by atoms with Crippen molar-refractivity contribution in [3.8, 4) is 0 Å². The van der Waals surface area contributed by atoms with Gasteiger partial charge in [0.1, 0.15) is 10.3 Å². The first-order valence-corrected chi connectivity index (χ1v) is 5.71. The predicted octanol–water partition coefficient (Wildman–Crippen LogP) is 2.01. The van der Waals surface area contributed by atoms with Crippen LogP contribution >= 0.6 is 23.2 Å². The summed E-state index contributed by atoms with van der Waals surface area (Å²) in [5.74, 6) is 0.435. The number of nitrogens with one attached hydrogen (secondary N) is 1. The molecule has 2 aromatic heterocycles. The first-order chi connectivity index (χ1) is 8.56. The number of pyridine rings is 1. The van der Waals surface area contributed by atoms with Gasteiger partial charge in [-0.25, -0.2) is 4.98 Å². The zero-order valence-electron chi connectivity index (χ0n) is 9.28. The molecule has 0 aromatic carbocycles. The molecular weight excluding hydrogens is 279 g/mol. The Labute approximate surface area is 112 Å². The summed E-state index contributed by atoms with van der Waals surface area (Å²) in [6.07, 6.45) is 0. The highest BCUT2D eigenvalue weighted by atomic mass is 35.5. The van der Waals surface area contributed by atoms with Gasteiger partial charge in [-0.3, -0.25) is 4.79 Å². The van der Waals surface area contributed by atoms with Gasteiger partial charge in [-0.1, -0.05) is 28.4 Å². The smallest absolute Gasteiger partial charge is 0.254 e. The van der Waals surface area contributed by atoms with Crippen molar-refractivity contribution in [3.63, 3.8) is 0 Å². The van der Waals surface area contributed by atoms with Crippen LogP contribution in [0.25, 0.3) is 0 Å². The molecule has 0 bridgehead atoms. The van der Waals surface area contributed by atoms with Crippen molar-refractivity contribution < 1.29 is 9.32 Å². The maximum absolute atomic E-state index is 11.8. The molecule has 8 heteroatoms. The number of aryl methyl sites for hydroxylation is 1. The second kappa shape index (κ2) is 5.32. The SMILES string of the molecule is Cc1noc(CNC(=O)c2ccc(Cl)nc2Cl)n1. The zero-order valence-corrected chi connectivity index (χ0v) is 10.8. The van der Waals surface area contributed by atoms with Crippen molar-refractivity contribution in [1.29, 1.82) is 0 Å². The van der Waals surface area contributed by atoms with Crippen molar-refractivity contribution >= 4 is 29.1 Å². The highest BCUT2D eigenvalue weighted by Crippen LogP contribution is 2.16. The summed E-state index contributed by atoms with van der Waals surface area (Å²) in [5.41, 5.74) is 0.234. The minimum Gasteiger partial charge on any atom is -0.343 e. The Hall–Kier alpha value is -1.66. The monoisotopic (exact) mass is 286 g/mol. The van der Waals surface area contributed by atoms with E-state index in [1.807, 2.05) is 0 Å². The highest BCUT2D eigenvalue weighted by Gasteiger charge is 2.13. The van der Waals surface area contributed by atoms with E-state index in [0.717, 1.165) is 0 Å². The minimum atomic E-state index is -0.389. The molecule has 0 fully saturated rings. The van der Waals surface area contributed by atoms with Crippen LogP contribution in [0.3, 0.4) is 0 Å². The summed E-state index contributed by atoms with van der Waals surface area (Å²) in [6, 6.07) is 2.98. The van der Waals surface area contributed by atoms with Gasteiger partial charge in [0, 0.05) is 0 Å². The molecule has 0 aliphatic rings. The molecular formula is C10H8Cl2N4O2. The molecule has 0 aliphatic carbocycles. The summed E-state index contributed by atoms with van der Waals surface area (Å²) in [4.78, 5) is 19.5. The Morgan fingerprint density at radius 2 is 2.17 bits per heavy atom. The van der Waals surface area contributed by atoms with Crippen LogP contribution in [-0.2, 0) is 6.54 Å². The lowest BCUT2D eigenvalue weighted by Gasteiger charge is -2.03. The molecule has 1 amide bonds. The van der Waals surface area contributed by atoms with Crippen LogP contribution < -0.4 is 5.32 Å². The van der Waals surface area contributed by atoms with Crippen molar-refractivity contribution in [2.45, 2.75) is 13.5 Å². The van der Waals surface area contributed by atoms with Gasteiger partial charge in [0.15, 0.2) is 5.82 Å². The fourth-order valence-corrected chi connectivity index (χ4v) is 1.68. The molecule has 2 aromatic rings. The van der Waals surface area contributed by atoms with Crippen LogP contribution in [0.15, 0.2) is 16.7 Å². The average Bonchev–Trinajstić information content (AvgIpc) is 2.72. The Kier molecular flexibility index (Phi) is 3.78. The molecule has 0 saturated carbocycles. The first kappa shape index (κ1) is 12.8. The number of halogens is 2. The standard InChI is InChI=1S/C10H8Cl2N4O2/c1-5-14-8(18-16-5)4-13-10(17)6-2-3-7(11)15-9(6)12/h2-3H,4H2,1H3,(H,13,17). The van der Waals surface area contributed by atoms with Gasteiger partial charge in [0.05, 0.1) is 12.1 Å². The third-order valence-corrected chi connectivity index (χ3v) is 2.53. The van der Waals surface area contributed by atoms with Gasteiger partial charge < -0.3 is 9.84 Å². The largest absolute Gasteiger partial charge is 0.343 e. The maximum Gasteiger partial charge on any atom is 0.254 e. The number of rotatable bonds is 3. The lowest BCUT2D eigenvalue weighted by atomic mass is 10.2. The second-order valence-electron chi connectivity index (χ2n) is 3.39. The Morgan fingerprint density at radius 3 is 2.78 bits per heavy atom. The number of amides is 1. The van der Waals surface area contributed by atoms with Crippen LogP contribution in [0, 0.1) is 6.92 Å². The van der Waals surface area contributed by atoms with E-state index >= 15 is 0 Å². The number of nitrogens with zero attached hydrogens (tertiary/aromatic N) is 3. The molecule has 94 valence electrons. The van der Waals surface area contributed by atoms with Crippen molar-refractivity contribution in [2.75, 3.05) is 0 Å². The van der Waals surface area contributed by atoms with Gasteiger partial charge in [-0.2, -0.15) is 4.98 Å². The normalized spacial score (nSPS) is 10.4. The lowest BCUT2D eigenvalue weighted by Crippen LogP contribution is -2.23. The van der Waals surface area contributed by atoms with Gasteiger partial charge in [0.25, 0.3) is 5.91 Å². The average molecular weight is 287 g/mol. The number of carbonyl (C=O) groups excluding carboxylic acids is 1. The molecule has 0 saturated heterocycles. The van der Waals surface area contributed by atoms with Gasteiger partial charge in [0.2, 0.25) is 5.89 Å². The molecule has 18 heavy (non-hydrogen) atoms. The molecule has 0 aliphatic heterocycles. The van der Waals surface area contributed by atoms with E-state index in [-0.39, 0.29) is 28.3 Å². The zero-order chi connectivity index (χ0) is 13.1. The van der Waals surface area contributed by atoms with E-state index in [1.54, 1.807) is 6.92 Å². The van der Waals surface area contributed by atoms with Gasteiger partial charge in [-0.15, -0.1) is 0 Å². The third kappa shape index (κ3) is 2.96. The topological polar surface area (TPSA) is 80.9 Å². The van der Waals surface area contributed by atoms with E-state index < -0.39 is 0 Å². The number of carbonyl (C=O) groups is 1. The Balaban J connectivity index is 2.03. The second-order valence-corrected chi connectivity index (χ2v) is 4.14. The summed E-state index contributed by atoms with van der Waals surface area (Å²) >= 11 is 11.4. The minimum absolute atomic E-state index is 0.0432. The lowest BCUT2D eigenvalue weighted by molar-refractivity contribution is 0.0946. The molecule has 6 nitrogen and oxygen atoms in total. The molecule has 2 rings (SSSR count). The first-order valence-electron chi connectivity index (χ1n) is 4.95. The van der Waals surface area contributed by atoms with Crippen LogP contribution in [-0.4, -0.2) is 21.0 Å². The van der Waals surface area contributed by atoms with E-state index in [2.05, 4.69) is 20.4 Å². The number of hydrogen-bond acceptors (Lipinski definition) is 5. The number of hydrogen-bond donors (Lipinski definition) is 1. The molecule has 0 unspecified atom stereocenters. The van der Waals surface area contributed by atoms with Crippen LogP contribution in [0.4, 0.5) is 0 Å². The summed E-state index contributed by atoms with van der Waals surface area (Å²) in [6.45, 7) is 1.81. The maximum atomic E-state index is 11.8. The fourth-order valence-electron chi connectivity index (χ4n) is 1.24. The van der Waals surface area contributed by atoms with Crippen molar-refractivity contribution in [1.82, 2.24) is 20.4 Å². The Morgan fingerprint density at radius 1 is 1.39 bits per heavy atom. The van der Waals surface area contributed by atoms with Crippen LogP contribution in [0.5, 0.6) is 0 Å². The molecule has 2 heterocycles. The predicted molar refractivity (Wildman–Crippen MR) is 64.5 cm³/mol. The van der Waals surface area contributed by atoms with Crippen LogP contribution in [0.1, 0.15) is 22.1 Å². The van der Waals surface area contributed by atoms with Crippen molar-refractivity contribution in [3.05, 3.63) is 39.7 Å². The van der Waals surface area contributed by atoms with E-state index in [9.17, 15) is 4.79 Å². The summed E-state index contributed by atoms with van der Waals surface area (Å²) < 4.78 is 4.85. The third-order valence-electron chi connectivity index (χ3n) is 2.03. The fraction of sp³-hybridized carbons (Fsp3) is 0.200. The van der Waals surface area contributed by atoms with Crippen LogP contribution in [0.2, 0.25) is 10.3 Å². The number of aromatic nitrogens is 3. The molecule has 1 N–H and O–H groups in total.